The van der Waals surface area contributed by atoms with Crippen LogP contribution in [0.2, 0.25) is 0 Å². The van der Waals surface area contributed by atoms with Crippen molar-refractivity contribution in [1.29, 1.82) is 0 Å². The molecular formula is C18H31NO2. The zero-order chi connectivity index (χ0) is 16.1. The summed E-state index contributed by atoms with van der Waals surface area (Å²) in [6, 6.07) is 6.22. The summed E-state index contributed by atoms with van der Waals surface area (Å²) < 4.78 is 5.92. The Bertz CT molecular complexity index is 447. The molecule has 21 heavy (non-hydrogen) atoms. The lowest BCUT2D eigenvalue weighted by atomic mass is 9.85. The fourth-order valence-corrected chi connectivity index (χ4v) is 2.17. The van der Waals surface area contributed by atoms with Crippen LogP contribution in [-0.4, -0.2) is 30.4 Å². The van der Waals surface area contributed by atoms with Crippen molar-refractivity contribution < 1.29 is 9.84 Å². The lowest BCUT2D eigenvalue weighted by Gasteiger charge is -2.27. The first-order valence-electron chi connectivity index (χ1n) is 7.83. The van der Waals surface area contributed by atoms with E-state index in [0.29, 0.717) is 6.54 Å². The lowest BCUT2D eigenvalue weighted by molar-refractivity contribution is 0.0119. The van der Waals surface area contributed by atoms with Crippen molar-refractivity contribution in [3.05, 3.63) is 29.3 Å². The molecule has 0 fully saturated rings. The number of benzene rings is 1. The van der Waals surface area contributed by atoms with Crippen LogP contribution in [0, 0.1) is 6.92 Å². The Kier molecular flexibility index (Phi) is 6.24. The van der Waals surface area contributed by atoms with Gasteiger partial charge in [-0.15, -0.1) is 0 Å². The maximum absolute atomic E-state index is 10.4. The molecule has 0 radical (unpaired) electrons. The third-order valence-corrected chi connectivity index (χ3v) is 3.41. The van der Waals surface area contributed by atoms with Gasteiger partial charge in [0.2, 0.25) is 0 Å². The van der Waals surface area contributed by atoms with Gasteiger partial charge in [0.1, 0.15) is 18.0 Å². The quantitative estimate of drug-likeness (QED) is 0.757. The standard InChI is InChI=1S/C18H31NO2/c1-7-10-19-12-18(6,20)13-21-16-9-8-14(2)11-15(16)17(3,4)5/h8-9,11,19-20H,7,10,12-13H2,1-6H3. The maximum Gasteiger partial charge on any atom is 0.123 e. The van der Waals surface area contributed by atoms with Crippen molar-refractivity contribution in [2.24, 2.45) is 0 Å². The molecule has 1 aromatic rings. The van der Waals surface area contributed by atoms with Gasteiger partial charge in [-0.05, 0) is 43.9 Å². The van der Waals surface area contributed by atoms with Gasteiger partial charge in [0.15, 0.2) is 0 Å². The summed E-state index contributed by atoms with van der Waals surface area (Å²) >= 11 is 0. The van der Waals surface area contributed by atoms with Gasteiger partial charge >= 0.3 is 0 Å². The van der Waals surface area contributed by atoms with Crippen molar-refractivity contribution in [3.8, 4) is 5.75 Å². The van der Waals surface area contributed by atoms with Crippen molar-refractivity contribution in [2.75, 3.05) is 19.7 Å². The second-order valence-corrected chi connectivity index (χ2v) is 7.21. The fourth-order valence-electron chi connectivity index (χ4n) is 2.17. The first-order chi connectivity index (χ1) is 9.65. The van der Waals surface area contributed by atoms with Crippen LogP contribution in [0.1, 0.15) is 52.2 Å². The highest BCUT2D eigenvalue weighted by Gasteiger charge is 2.24. The minimum Gasteiger partial charge on any atom is -0.490 e. The van der Waals surface area contributed by atoms with Crippen LogP contribution < -0.4 is 10.1 Å². The Morgan fingerprint density at radius 1 is 1.19 bits per heavy atom. The second kappa shape index (κ2) is 7.28. The van der Waals surface area contributed by atoms with Gasteiger partial charge in [0.05, 0.1) is 0 Å². The number of aryl methyl sites for hydroxylation is 1. The number of aliphatic hydroxyl groups is 1. The van der Waals surface area contributed by atoms with E-state index in [-0.39, 0.29) is 12.0 Å². The first-order valence-corrected chi connectivity index (χ1v) is 7.83. The van der Waals surface area contributed by atoms with E-state index in [0.717, 1.165) is 18.7 Å². The molecule has 0 aliphatic rings. The van der Waals surface area contributed by atoms with E-state index in [1.165, 1.54) is 11.1 Å². The summed E-state index contributed by atoms with van der Waals surface area (Å²) in [5.41, 5.74) is 1.56. The summed E-state index contributed by atoms with van der Waals surface area (Å²) in [5.74, 6) is 0.865. The normalized spacial score (nSPS) is 14.8. The highest BCUT2D eigenvalue weighted by molar-refractivity contribution is 5.41. The molecule has 3 nitrogen and oxygen atoms in total. The van der Waals surface area contributed by atoms with Crippen LogP contribution in [0.5, 0.6) is 5.75 Å². The Morgan fingerprint density at radius 3 is 2.43 bits per heavy atom. The Labute approximate surface area is 129 Å². The van der Waals surface area contributed by atoms with Gasteiger partial charge in [-0.1, -0.05) is 45.4 Å². The van der Waals surface area contributed by atoms with Crippen molar-refractivity contribution >= 4 is 0 Å². The summed E-state index contributed by atoms with van der Waals surface area (Å²) in [6.45, 7) is 14.3. The highest BCUT2D eigenvalue weighted by atomic mass is 16.5. The smallest absolute Gasteiger partial charge is 0.123 e. The average molecular weight is 293 g/mol. The molecule has 0 spiro atoms. The van der Waals surface area contributed by atoms with Gasteiger partial charge in [-0.2, -0.15) is 0 Å². The van der Waals surface area contributed by atoms with E-state index in [9.17, 15) is 5.11 Å². The van der Waals surface area contributed by atoms with E-state index in [2.05, 4.69) is 52.1 Å². The predicted octanol–water partition coefficient (Wildman–Crippen LogP) is 3.42. The van der Waals surface area contributed by atoms with Crippen LogP contribution in [0.25, 0.3) is 0 Å². The van der Waals surface area contributed by atoms with Crippen LogP contribution in [0.4, 0.5) is 0 Å². The highest BCUT2D eigenvalue weighted by Crippen LogP contribution is 2.32. The van der Waals surface area contributed by atoms with Crippen LogP contribution >= 0.6 is 0 Å². The predicted molar refractivity (Wildman–Crippen MR) is 89.2 cm³/mol. The second-order valence-electron chi connectivity index (χ2n) is 7.21. The van der Waals surface area contributed by atoms with Gasteiger partial charge < -0.3 is 15.2 Å². The lowest BCUT2D eigenvalue weighted by Crippen LogP contribution is -2.43. The zero-order valence-electron chi connectivity index (χ0n) is 14.4. The summed E-state index contributed by atoms with van der Waals surface area (Å²) in [4.78, 5) is 0. The average Bonchev–Trinajstić information content (AvgIpc) is 2.36. The fraction of sp³-hybridized carbons (Fsp3) is 0.667. The first kappa shape index (κ1) is 18.0. The van der Waals surface area contributed by atoms with E-state index >= 15 is 0 Å². The molecule has 2 N–H and O–H groups in total. The third kappa shape index (κ3) is 6.06. The molecule has 0 aromatic heterocycles. The van der Waals surface area contributed by atoms with Crippen molar-refractivity contribution in [1.82, 2.24) is 5.32 Å². The van der Waals surface area contributed by atoms with E-state index in [4.69, 9.17) is 4.74 Å². The number of hydrogen-bond acceptors (Lipinski definition) is 3. The molecule has 0 saturated carbocycles. The summed E-state index contributed by atoms with van der Waals surface area (Å²) in [5, 5.41) is 13.6. The third-order valence-electron chi connectivity index (χ3n) is 3.41. The monoisotopic (exact) mass is 293 g/mol. The molecule has 0 amide bonds. The SMILES string of the molecule is CCCNCC(C)(O)COc1ccc(C)cc1C(C)(C)C. The van der Waals surface area contributed by atoms with E-state index in [1.54, 1.807) is 6.92 Å². The molecule has 0 aliphatic carbocycles. The van der Waals surface area contributed by atoms with Crippen LogP contribution in [0.15, 0.2) is 18.2 Å². The molecule has 1 rings (SSSR count). The molecule has 1 atom stereocenters. The van der Waals surface area contributed by atoms with Crippen LogP contribution in [0.3, 0.4) is 0 Å². The number of rotatable bonds is 7. The Hall–Kier alpha value is -1.06. The molecule has 0 aliphatic heterocycles. The Balaban J connectivity index is 2.75. The molecule has 1 aromatic carbocycles. The molecule has 1 unspecified atom stereocenters. The topological polar surface area (TPSA) is 41.5 Å². The Morgan fingerprint density at radius 2 is 1.86 bits per heavy atom. The maximum atomic E-state index is 10.4. The van der Waals surface area contributed by atoms with Crippen LogP contribution in [-0.2, 0) is 5.41 Å². The summed E-state index contributed by atoms with van der Waals surface area (Å²) in [7, 11) is 0. The number of ether oxygens (including phenoxy) is 1. The number of hydrogen-bond donors (Lipinski definition) is 2. The largest absolute Gasteiger partial charge is 0.490 e. The number of nitrogens with one attached hydrogen (secondary N) is 1. The van der Waals surface area contributed by atoms with Crippen molar-refractivity contribution in [3.63, 3.8) is 0 Å². The minimum absolute atomic E-state index is 0.0215. The molecule has 3 heteroatoms. The van der Waals surface area contributed by atoms with E-state index in [1.807, 2.05) is 6.07 Å². The van der Waals surface area contributed by atoms with Gasteiger partial charge in [-0.3, -0.25) is 0 Å². The summed E-state index contributed by atoms with van der Waals surface area (Å²) in [6.07, 6.45) is 1.06. The van der Waals surface area contributed by atoms with E-state index < -0.39 is 5.60 Å². The molecule has 0 heterocycles. The molecular weight excluding hydrogens is 262 g/mol. The molecule has 0 bridgehead atoms. The van der Waals surface area contributed by atoms with Gasteiger partial charge in [0.25, 0.3) is 0 Å². The van der Waals surface area contributed by atoms with Gasteiger partial charge in [0, 0.05) is 6.54 Å². The minimum atomic E-state index is -0.866. The zero-order valence-corrected chi connectivity index (χ0v) is 14.4. The van der Waals surface area contributed by atoms with Crippen molar-refractivity contribution in [2.45, 2.75) is 59.0 Å². The molecule has 120 valence electrons. The van der Waals surface area contributed by atoms with Gasteiger partial charge in [-0.25, -0.2) is 0 Å². The molecule has 0 saturated heterocycles.